The van der Waals surface area contributed by atoms with E-state index in [-0.39, 0.29) is 0 Å². The minimum absolute atomic E-state index is 0.302. The summed E-state index contributed by atoms with van der Waals surface area (Å²) in [5.74, 6) is 2.69. The van der Waals surface area contributed by atoms with E-state index >= 15 is 0 Å². The van der Waals surface area contributed by atoms with Crippen LogP contribution in [0.1, 0.15) is 5.56 Å². The molecule has 0 aliphatic rings. The number of amides is 1. The van der Waals surface area contributed by atoms with Crippen LogP contribution >= 0.6 is 0 Å². The molecule has 1 heterocycles. The van der Waals surface area contributed by atoms with Crippen LogP contribution in [-0.2, 0) is 6.42 Å². The molecule has 0 radical (unpaired) electrons. The standard InChI is InChI=1S/C26H27N5O6/c1-33-22-9-8-17(12-24(22)35-3)10-11-27-26(32)37-20-14-18(13-19(15-20)31-16-28-29-30-31)21-6-5-7-23(34-2)25(21)36-4/h5-9,12-16H,10-11H2,1-4H3,(H,27,32). The average Bonchev–Trinajstić information content (AvgIpc) is 3.47. The molecule has 0 fully saturated rings. The first-order valence-corrected chi connectivity index (χ1v) is 11.3. The molecule has 0 saturated carbocycles. The predicted molar refractivity (Wildman–Crippen MR) is 135 cm³/mol. The van der Waals surface area contributed by atoms with Crippen LogP contribution in [0.15, 0.2) is 60.9 Å². The van der Waals surface area contributed by atoms with Gasteiger partial charge in [0.1, 0.15) is 12.1 Å². The van der Waals surface area contributed by atoms with Crippen molar-refractivity contribution in [3.05, 3.63) is 66.5 Å². The van der Waals surface area contributed by atoms with Crippen molar-refractivity contribution in [2.45, 2.75) is 6.42 Å². The van der Waals surface area contributed by atoms with Gasteiger partial charge in [0.25, 0.3) is 0 Å². The summed E-state index contributed by atoms with van der Waals surface area (Å²) in [6, 6.07) is 16.4. The fourth-order valence-corrected chi connectivity index (χ4v) is 3.81. The molecule has 0 aliphatic carbocycles. The third-order valence-electron chi connectivity index (χ3n) is 5.56. The molecule has 11 heteroatoms. The number of methoxy groups -OCH3 is 4. The number of nitrogens with zero attached hydrogens (tertiary/aromatic N) is 4. The Morgan fingerprint density at radius 2 is 1.70 bits per heavy atom. The zero-order valence-electron chi connectivity index (χ0n) is 20.9. The molecule has 0 aliphatic heterocycles. The average molecular weight is 506 g/mol. The Morgan fingerprint density at radius 1 is 0.892 bits per heavy atom. The number of aromatic nitrogens is 4. The van der Waals surface area contributed by atoms with Crippen molar-refractivity contribution in [3.63, 3.8) is 0 Å². The monoisotopic (exact) mass is 505 g/mol. The van der Waals surface area contributed by atoms with E-state index in [1.54, 1.807) is 46.6 Å². The van der Waals surface area contributed by atoms with Gasteiger partial charge in [-0.1, -0.05) is 18.2 Å². The normalized spacial score (nSPS) is 10.5. The van der Waals surface area contributed by atoms with Crippen LogP contribution < -0.4 is 29.0 Å². The van der Waals surface area contributed by atoms with E-state index in [1.807, 2.05) is 36.4 Å². The van der Waals surface area contributed by atoms with Crippen LogP contribution in [0.4, 0.5) is 4.79 Å². The van der Waals surface area contributed by atoms with Gasteiger partial charge in [0.2, 0.25) is 0 Å². The summed E-state index contributed by atoms with van der Waals surface area (Å²) in [4.78, 5) is 12.6. The zero-order valence-corrected chi connectivity index (χ0v) is 20.9. The van der Waals surface area contributed by atoms with E-state index < -0.39 is 6.09 Å². The number of tetrazole rings is 1. The first-order valence-electron chi connectivity index (χ1n) is 11.3. The Morgan fingerprint density at radius 3 is 2.41 bits per heavy atom. The van der Waals surface area contributed by atoms with Crippen LogP contribution in [0.5, 0.6) is 28.7 Å². The van der Waals surface area contributed by atoms with Gasteiger partial charge < -0.3 is 29.0 Å². The molecule has 3 aromatic carbocycles. The molecule has 37 heavy (non-hydrogen) atoms. The van der Waals surface area contributed by atoms with Crippen molar-refractivity contribution in [3.8, 4) is 45.6 Å². The molecule has 0 atom stereocenters. The van der Waals surface area contributed by atoms with Gasteiger partial charge in [-0.15, -0.1) is 5.10 Å². The van der Waals surface area contributed by atoms with Crippen LogP contribution in [0.2, 0.25) is 0 Å². The van der Waals surface area contributed by atoms with E-state index in [0.717, 1.165) is 16.7 Å². The molecule has 192 valence electrons. The number of benzene rings is 3. The topological polar surface area (TPSA) is 119 Å². The summed E-state index contributed by atoms with van der Waals surface area (Å²) in [5, 5.41) is 14.1. The van der Waals surface area contributed by atoms with Crippen molar-refractivity contribution in [2.75, 3.05) is 35.0 Å². The second-order valence-electron chi connectivity index (χ2n) is 7.77. The van der Waals surface area contributed by atoms with Crippen molar-refractivity contribution < 1.29 is 28.5 Å². The van der Waals surface area contributed by atoms with E-state index in [0.29, 0.717) is 47.4 Å². The maximum atomic E-state index is 12.6. The lowest BCUT2D eigenvalue weighted by atomic mass is 10.0. The van der Waals surface area contributed by atoms with E-state index in [4.69, 9.17) is 23.7 Å². The van der Waals surface area contributed by atoms with E-state index in [1.165, 1.54) is 11.0 Å². The van der Waals surface area contributed by atoms with Gasteiger partial charge in [0, 0.05) is 18.2 Å². The molecule has 1 N–H and O–H groups in total. The lowest BCUT2D eigenvalue weighted by Crippen LogP contribution is -2.28. The second-order valence-corrected chi connectivity index (χ2v) is 7.77. The zero-order chi connectivity index (χ0) is 26.2. The Balaban J connectivity index is 1.53. The molecular weight excluding hydrogens is 478 g/mol. The minimum Gasteiger partial charge on any atom is -0.493 e. The van der Waals surface area contributed by atoms with Crippen molar-refractivity contribution in [2.24, 2.45) is 0 Å². The Labute approximate surface area is 213 Å². The number of nitrogens with one attached hydrogen (secondary N) is 1. The fourth-order valence-electron chi connectivity index (χ4n) is 3.81. The van der Waals surface area contributed by atoms with E-state index in [2.05, 4.69) is 20.8 Å². The molecule has 0 spiro atoms. The summed E-state index contributed by atoms with van der Waals surface area (Å²) in [5.41, 5.74) is 3.04. The largest absolute Gasteiger partial charge is 0.493 e. The van der Waals surface area contributed by atoms with Crippen LogP contribution in [0.25, 0.3) is 16.8 Å². The van der Waals surface area contributed by atoms with Crippen LogP contribution in [-0.4, -0.2) is 61.3 Å². The summed E-state index contributed by atoms with van der Waals surface area (Å²) < 4.78 is 28.7. The molecule has 0 bridgehead atoms. The van der Waals surface area contributed by atoms with Gasteiger partial charge in [0.05, 0.1) is 34.1 Å². The highest BCUT2D eigenvalue weighted by Crippen LogP contribution is 2.39. The van der Waals surface area contributed by atoms with Gasteiger partial charge >= 0.3 is 6.09 Å². The number of rotatable bonds is 10. The van der Waals surface area contributed by atoms with Gasteiger partial charge in [-0.3, -0.25) is 0 Å². The molecule has 1 amide bonds. The Bertz CT molecular complexity index is 1360. The van der Waals surface area contributed by atoms with Gasteiger partial charge in [0.15, 0.2) is 23.0 Å². The number of carbonyl (C=O) groups is 1. The third-order valence-corrected chi connectivity index (χ3v) is 5.56. The number of para-hydroxylation sites is 1. The molecule has 0 saturated heterocycles. The molecule has 4 rings (SSSR count). The van der Waals surface area contributed by atoms with Crippen LogP contribution in [0, 0.1) is 0 Å². The highest BCUT2D eigenvalue weighted by Gasteiger charge is 2.16. The minimum atomic E-state index is -0.599. The molecule has 1 aromatic heterocycles. The Kier molecular flexibility index (Phi) is 8.04. The molecule has 0 unspecified atom stereocenters. The van der Waals surface area contributed by atoms with Crippen molar-refractivity contribution in [1.82, 2.24) is 25.5 Å². The number of ether oxygens (including phenoxy) is 5. The highest BCUT2D eigenvalue weighted by atomic mass is 16.6. The molecule has 11 nitrogen and oxygen atoms in total. The van der Waals surface area contributed by atoms with Crippen LogP contribution in [0.3, 0.4) is 0 Å². The summed E-state index contributed by atoms with van der Waals surface area (Å²) >= 11 is 0. The summed E-state index contributed by atoms with van der Waals surface area (Å²) in [6.45, 7) is 0.359. The first kappa shape index (κ1) is 25.3. The fraction of sp³-hybridized carbons (Fsp3) is 0.231. The second kappa shape index (κ2) is 11.8. The Hall–Kier alpha value is -4.80. The molecular formula is C26H27N5O6. The maximum Gasteiger partial charge on any atom is 0.412 e. The SMILES string of the molecule is COc1ccc(CCNC(=O)Oc2cc(-c3cccc(OC)c3OC)cc(-n3cnnn3)c2)cc1OC. The highest BCUT2D eigenvalue weighted by molar-refractivity contribution is 5.78. The van der Waals surface area contributed by atoms with Gasteiger partial charge in [-0.05, 0) is 58.3 Å². The first-order chi connectivity index (χ1) is 18.1. The van der Waals surface area contributed by atoms with Crippen molar-refractivity contribution in [1.29, 1.82) is 0 Å². The number of hydrogen-bond donors (Lipinski definition) is 1. The van der Waals surface area contributed by atoms with Gasteiger partial charge in [-0.2, -0.15) is 0 Å². The molecule has 4 aromatic rings. The van der Waals surface area contributed by atoms with E-state index in [9.17, 15) is 4.79 Å². The predicted octanol–water partition coefficient (Wildman–Crippen LogP) is 3.69. The third kappa shape index (κ3) is 5.89. The summed E-state index contributed by atoms with van der Waals surface area (Å²) in [6.07, 6.45) is 1.43. The van der Waals surface area contributed by atoms with Gasteiger partial charge in [-0.25, -0.2) is 9.48 Å². The van der Waals surface area contributed by atoms with Crippen molar-refractivity contribution >= 4 is 6.09 Å². The number of carbonyl (C=O) groups excluding carboxylic acids is 1. The maximum absolute atomic E-state index is 12.6. The number of hydrogen-bond acceptors (Lipinski definition) is 9. The lowest BCUT2D eigenvalue weighted by Gasteiger charge is -2.15. The smallest absolute Gasteiger partial charge is 0.412 e. The summed E-state index contributed by atoms with van der Waals surface area (Å²) in [7, 11) is 6.30. The lowest BCUT2D eigenvalue weighted by molar-refractivity contribution is 0.200. The quantitative estimate of drug-likeness (QED) is 0.344.